The zero-order valence-corrected chi connectivity index (χ0v) is 8.25. The Morgan fingerprint density at radius 2 is 2.40 bits per heavy atom. The average molecular weight is 216 g/mol. The second-order valence-electron chi connectivity index (χ2n) is 3.08. The molecule has 1 aliphatic rings. The molecular weight excluding hydrogens is 204 g/mol. The van der Waals surface area contributed by atoms with Gasteiger partial charge in [0.15, 0.2) is 6.04 Å². The van der Waals surface area contributed by atoms with Crippen molar-refractivity contribution in [1.82, 2.24) is 5.32 Å². The minimum Gasteiger partial charge on any atom is -0.450 e. The molecule has 15 heavy (non-hydrogen) atoms. The Kier molecular flexibility index (Phi) is 4.10. The molecule has 0 aliphatic carbocycles. The van der Waals surface area contributed by atoms with E-state index in [9.17, 15) is 14.9 Å². The van der Waals surface area contributed by atoms with Gasteiger partial charge in [-0.15, -0.1) is 0 Å². The molecule has 0 aromatic carbocycles. The van der Waals surface area contributed by atoms with Gasteiger partial charge in [-0.2, -0.15) is 5.11 Å². The summed E-state index contributed by atoms with van der Waals surface area (Å²) in [6.07, 6.45) is -0.497. The van der Waals surface area contributed by atoms with Gasteiger partial charge in [-0.25, -0.2) is 4.79 Å². The molecule has 84 valence electrons. The van der Waals surface area contributed by atoms with Crippen LogP contribution < -0.4 is 5.32 Å². The number of amides is 1. The van der Waals surface area contributed by atoms with Gasteiger partial charge in [0.05, 0.1) is 7.11 Å². The minimum atomic E-state index is -0.966. The van der Waals surface area contributed by atoms with Gasteiger partial charge < -0.3 is 4.74 Å². The van der Waals surface area contributed by atoms with Crippen LogP contribution in [-0.4, -0.2) is 36.9 Å². The first-order valence-corrected chi connectivity index (χ1v) is 4.51. The van der Waals surface area contributed by atoms with E-state index in [1.807, 2.05) is 0 Å². The molecule has 1 rings (SSSR count). The first kappa shape index (κ1) is 11.5. The number of carbonyl (C=O) groups is 1. The summed E-state index contributed by atoms with van der Waals surface area (Å²) in [5.74, 6) is 0. The van der Waals surface area contributed by atoms with E-state index < -0.39 is 23.2 Å². The van der Waals surface area contributed by atoms with E-state index in [1.165, 1.54) is 7.11 Å². The molecule has 2 atom stereocenters. The maximum Gasteiger partial charge on any atom is 0.451 e. The maximum absolute atomic E-state index is 10.7. The topological polar surface area (TPSA) is 106 Å². The van der Waals surface area contributed by atoms with Crippen LogP contribution in [0.15, 0.2) is 10.2 Å². The molecule has 1 N–H and O–H groups in total. The van der Waals surface area contributed by atoms with Crippen molar-refractivity contribution in [2.45, 2.75) is 25.0 Å². The summed E-state index contributed by atoms with van der Waals surface area (Å²) in [7, 11) is 1.17. The van der Waals surface area contributed by atoms with E-state index in [0.29, 0.717) is 13.0 Å². The summed E-state index contributed by atoms with van der Waals surface area (Å²) in [5.41, 5.74) is 0. The molecule has 0 radical (unpaired) electrons. The van der Waals surface area contributed by atoms with E-state index in [0.717, 1.165) is 6.42 Å². The Morgan fingerprint density at radius 1 is 1.67 bits per heavy atom. The fourth-order valence-electron chi connectivity index (χ4n) is 1.35. The van der Waals surface area contributed by atoms with Crippen molar-refractivity contribution in [3.8, 4) is 0 Å². The Labute approximate surface area is 85.8 Å². The summed E-state index contributed by atoms with van der Waals surface area (Å²) >= 11 is 0. The predicted molar refractivity (Wildman–Crippen MR) is 49.1 cm³/mol. The third-order valence-electron chi connectivity index (χ3n) is 2.08. The summed E-state index contributed by atoms with van der Waals surface area (Å²) in [4.78, 5) is 20.8. The molecule has 0 aromatic rings. The number of rotatable bonds is 2. The molecule has 0 aromatic heterocycles. The van der Waals surface area contributed by atoms with Crippen LogP contribution in [0.4, 0.5) is 4.79 Å². The first-order valence-electron chi connectivity index (χ1n) is 4.51. The van der Waals surface area contributed by atoms with Crippen molar-refractivity contribution < 1.29 is 14.5 Å². The Morgan fingerprint density at radius 3 is 3.00 bits per heavy atom. The largest absolute Gasteiger partial charge is 0.451 e. The summed E-state index contributed by atoms with van der Waals surface area (Å²) in [6.45, 7) is 0.579. The SMILES string of the molecule is COC(=O)N=NC1CCCNC1[N+](=O)[O-]. The van der Waals surface area contributed by atoms with Crippen LogP contribution in [0.2, 0.25) is 0 Å². The summed E-state index contributed by atoms with van der Waals surface area (Å²) < 4.78 is 4.25. The van der Waals surface area contributed by atoms with E-state index in [2.05, 4.69) is 20.3 Å². The van der Waals surface area contributed by atoms with E-state index in [-0.39, 0.29) is 0 Å². The highest BCUT2D eigenvalue weighted by Crippen LogP contribution is 2.13. The number of piperidine rings is 1. The van der Waals surface area contributed by atoms with Crippen LogP contribution in [0, 0.1) is 10.1 Å². The van der Waals surface area contributed by atoms with Crippen molar-refractivity contribution in [3.05, 3.63) is 10.1 Å². The lowest BCUT2D eigenvalue weighted by Gasteiger charge is -2.21. The number of nitro groups is 1. The molecule has 1 saturated heterocycles. The molecule has 1 aliphatic heterocycles. The molecule has 0 saturated carbocycles. The fourth-order valence-corrected chi connectivity index (χ4v) is 1.35. The Hall–Kier alpha value is -1.57. The van der Waals surface area contributed by atoms with Gasteiger partial charge in [-0.3, -0.25) is 15.4 Å². The lowest BCUT2D eigenvalue weighted by atomic mass is 10.1. The second kappa shape index (κ2) is 5.35. The molecule has 8 heteroatoms. The predicted octanol–water partition coefficient (Wildman–Crippen LogP) is 0.560. The van der Waals surface area contributed by atoms with Gasteiger partial charge in [0, 0.05) is 11.5 Å². The zero-order valence-electron chi connectivity index (χ0n) is 8.25. The van der Waals surface area contributed by atoms with Crippen LogP contribution in [0.25, 0.3) is 0 Å². The number of methoxy groups -OCH3 is 1. The van der Waals surface area contributed by atoms with Crippen molar-refractivity contribution in [1.29, 1.82) is 0 Å². The zero-order chi connectivity index (χ0) is 11.3. The van der Waals surface area contributed by atoms with Crippen molar-refractivity contribution in [2.75, 3.05) is 13.7 Å². The van der Waals surface area contributed by atoms with Crippen molar-refractivity contribution in [3.63, 3.8) is 0 Å². The summed E-state index contributed by atoms with van der Waals surface area (Å²) in [6, 6.07) is -0.604. The number of carbonyl (C=O) groups excluding carboxylic acids is 1. The second-order valence-corrected chi connectivity index (χ2v) is 3.08. The third-order valence-corrected chi connectivity index (χ3v) is 2.08. The molecule has 1 amide bonds. The quantitative estimate of drug-likeness (QED) is 0.412. The highest BCUT2D eigenvalue weighted by atomic mass is 16.6. The van der Waals surface area contributed by atoms with Gasteiger partial charge in [0.2, 0.25) is 0 Å². The fraction of sp³-hybridized carbons (Fsp3) is 0.857. The number of nitrogens with one attached hydrogen (secondary N) is 1. The van der Waals surface area contributed by atoms with Crippen molar-refractivity contribution >= 4 is 6.09 Å². The monoisotopic (exact) mass is 216 g/mol. The van der Waals surface area contributed by atoms with Crippen LogP contribution >= 0.6 is 0 Å². The van der Waals surface area contributed by atoms with Gasteiger partial charge in [-0.1, -0.05) is 5.11 Å². The number of ether oxygens (including phenoxy) is 1. The molecular formula is C7H12N4O4. The van der Waals surface area contributed by atoms with E-state index in [4.69, 9.17) is 0 Å². The van der Waals surface area contributed by atoms with E-state index in [1.54, 1.807) is 0 Å². The smallest absolute Gasteiger partial charge is 0.450 e. The molecule has 2 unspecified atom stereocenters. The lowest BCUT2D eigenvalue weighted by molar-refractivity contribution is -0.534. The third kappa shape index (κ3) is 3.24. The minimum absolute atomic E-state index is 0.458. The van der Waals surface area contributed by atoms with E-state index >= 15 is 0 Å². The molecule has 1 fully saturated rings. The van der Waals surface area contributed by atoms with Gasteiger partial charge >= 0.3 is 6.09 Å². The number of azo groups is 1. The summed E-state index contributed by atoms with van der Waals surface area (Å²) in [5, 5.41) is 20.1. The standard InChI is InChI=1S/C7H12N4O4/c1-15-7(12)10-9-5-3-2-4-8-6(5)11(13)14/h5-6,8H,2-4H2,1H3. The van der Waals surface area contributed by atoms with Crippen LogP contribution in [0.5, 0.6) is 0 Å². The highest BCUT2D eigenvalue weighted by Gasteiger charge is 2.34. The number of hydrogen-bond acceptors (Lipinski definition) is 6. The molecule has 0 bridgehead atoms. The molecule has 0 spiro atoms. The molecule has 1 heterocycles. The Bertz CT molecular complexity index is 280. The number of nitrogens with zero attached hydrogens (tertiary/aromatic N) is 3. The molecule has 8 nitrogen and oxygen atoms in total. The van der Waals surface area contributed by atoms with Crippen LogP contribution in [0.1, 0.15) is 12.8 Å². The van der Waals surface area contributed by atoms with Gasteiger partial charge in [0.1, 0.15) is 0 Å². The normalized spacial score (nSPS) is 26.5. The van der Waals surface area contributed by atoms with Gasteiger partial charge in [0.25, 0.3) is 6.17 Å². The first-order chi connectivity index (χ1) is 7.15. The average Bonchev–Trinajstić information content (AvgIpc) is 2.26. The number of hydrogen-bond donors (Lipinski definition) is 1. The van der Waals surface area contributed by atoms with Crippen LogP contribution in [-0.2, 0) is 4.74 Å². The Balaban J connectivity index is 2.60. The lowest BCUT2D eigenvalue weighted by Crippen LogP contribution is -2.48. The van der Waals surface area contributed by atoms with Crippen molar-refractivity contribution in [2.24, 2.45) is 10.2 Å². The highest BCUT2D eigenvalue weighted by molar-refractivity contribution is 5.67. The van der Waals surface area contributed by atoms with Crippen LogP contribution in [0.3, 0.4) is 0 Å². The maximum atomic E-state index is 10.7. The van der Waals surface area contributed by atoms with Gasteiger partial charge in [-0.05, 0) is 12.8 Å².